The standard InChI is InChI=1S/C22H23ClF3N3OS/c1-21(11-12-31-2)14-29(28-20(21)15-3-7-17(23)8-4-15)13-19(30)27-18-9-5-16(6-10-18)22(24,25)26/h3-10H,11-14H2,1-2H3,(H,27,30). The van der Waals surface area contributed by atoms with Gasteiger partial charge in [-0.2, -0.15) is 30.0 Å². The fourth-order valence-electron chi connectivity index (χ4n) is 3.51. The molecule has 1 aliphatic heterocycles. The molecule has 4 nitrogen and oxygen atoms in total. The molecule has 2 aromatic rings. The Kier molecular flexibility index (Phi) is 7.21. The fraction of sp³-hybridized carbons (Fsp3) is 0.364. The summed E-state index contributed by atoms with van der Waals surface area (Å²) in [5.41, 5.74) is 1.18. The summed E-state index contributed by atoms with van der Waals surface area (Å²) in [6.45, 7) is 2.71. The molecule has 31 heavy (non-hydrogen) atoms. The highest BCUT2D eigenvalue weighted by Crippen LogP contribution is 2.35. The summed E-state index contributed by atoms with van der Waals surface area (Å²) >= 11 is 7.77. The van der Waals surface area contributed by atoms with Gasteiger partial charge in [-0.1, -0.05) is 30.7 Å². The second-order valence-electron chi connectivity index (χ2n) is 7.70. The van der Waals surface area contributed by atoms with Crippen LogP contribution in [0.1, 0.15) is 24.5 Å². The summed E-state index contributed by atoms with van der Waals surface area (Å²) in [5, 5.41) is 9.70. The lowest BCUT2D eigenvalue weighted by Gasteiger charge is -2.26. The predicted molar refractivity (Wildman–Crippen MR) is 121 cm³/mol. The van der Waals surface area contributed by atoms with Crippen molar-refractivity contribution in [2.45, 2.75) is 19.5 Å². The molecule has 1 unspecified atom stereocenters. The molecule has 0 saturated heterocycles. The molecule has 0 radical (unpaired) electrons. The van der Waals surface area contributed by atoms with E-state index in [1.807, 2.05) is 30.5 Å². The molecule has 9 heteroatoms. The molecule has 0 aliphatic carbocycles. The number of halogens is 4. The monoisotopic (exact) mass is 469 g/mol. The molecular weight excluding hydrogens is 447 g/mol. The van der Waals surface area contributed by atoms with Gasteiger partial charge in [0.05, 0.1) is 11.3 Å². The number of rotatable bonds is 7. The Morgan fingerprint density at radius 1 is 1.19 bits per heavy atom. The summed E-state index contributed by atoms with van der Waals surface area (Å²) < 4.78 is 38.1. The third-order valence-corrected chi connectivity index (χ3v) is 6.01. The summed E-state index contributed by atoms with van der Waals surface area (Å²) in [4.78, 5) is 12.5. The van der Waals surface area contributed by atoms with Crippen LogP contribution in [0, 0.1) is 5.41 Å². The van der Waals surface area contributed by atoms with Gasteiger partial charge in [-0.05, 0) is 60.4 Å². The molecule has 1 atom stereocenters. The SMILES string of the molecule is CSCCC1(C)CN(CC(=O)Nc2ccc(C(F)(F)F)cc2)N=C1c1ccc(Cl)cc1. The second-order valence-corrected chi connectivity index (χ2v) is 9.13. The van der Waals surface area contributed by atoms with Gasteiger partial charge in [0.2, 0.25) is 5.91 Å². The van der Waals surface area contributed by atoms with Gasteiger partial charge in [0.1, 0.15) is 6.54 Å². The number of nitrogens with one attached hydrogen (secondary N) is 1. The van der Waals surface area contributed by atoms with Crippen LogP contribution >= 0.6 is 23.4 Å². The molecule has 2 aromatic carbocycles. The van der Waals surface area contributed by atoms with E-state index in [1.165, 1.54) is 12.1 Å². The van der Waals surface area contributed by atoms with Crippen molar-refractivity contribution in [1.29, 1.82) is 0 Å². The summed E-state index contributed by atoms with van der Waals surface area (Å²) in [6.07, 6.45) is -1.47. The van der Waals surface area contributed by atoms with Gasteiger partial charge in [-0.25, -0.2) is 0 Å². The van der Waals surface area contributed by atoms with Crippen LogP contribution in [0.25, 0.3) is 0 Å². The fourth-order valence-corrected chi connectivity index (χ4v) is 4.29. The first kappa shape index (κ1) is 23.5. The first-order chi connectivity index (χ1) is 14.6. The van der Waals surface area contributed by atoms with Gasteiger partial charge in [0, 0.05) is 22.7 Å². The van der Waals surface area contributed by atoms with Gasteiger partial charge in [0.15, 0.2) is 0 Å². The lowest BCUT2D eigenvalue weighted by molar-refractivity contribution is -0.137. The largest absolute Gasteiger partial charge is 0.416 e. The Morgan fingerprint density at radius 3 is 2.42 bits per heavy atom. The van der Waals surface area contributed by atoms with E-state index in [2.05, 4.69) is 12.2 Å². The Balaban J connectivity index is 1.71. The number of hydrazone groups is 1. The molecule has 3 rings (SSSR count). The number of amides is 1. The van der Waals surface area contributed by atoms with E-state index < -0.39 is 11.7 Å². The maximum absolute atomic E-state index is 12.7. The molecule has 166 valence electrons. The van der Waals surface area contributed by atoms with Crippen LogP contribution in [-0.4, -0.2) is 41.7 Å². The number of carbonyl (C=O) groups is 1. The molecule has 0 saturated carbocycles. The van der Waals surface area contributed by atoms with Crippen LogP contribution in [0.2, 0.25) is 5.02 Å². The van der Waals surface area contributed by atoms with E-state index in [0.29, 0.717) is 17.3 Å². The van der Waals surface area contributed by atoms with E-state index in [-0.39, 0.29) is 17.9 Å². The van der Waals surface area contributed by atoms with E-state index in [1.54, 1.807) is 16.8 Å². The van der Waals surface area contributed by atoms with E-state index in [0.717, 1.165) is 35.6 Å². The van der Waals surface area contributed by atoms with Crippen molar-refractivity contribution in [2.75, 3.05) is 30.4 Å². The van der Waals surface area contributed by atoms with Crippen LogP contribution in [0.3, 0.4) is 0 Å². The number of hydrogen-bond donors (Lipinski definition) is 1. The molecule has 0 spiro atoms. The quantitative estimate of drug-likeness (QED) is 0.559. The predicted octanol–water partition coefficient (Wildman–Crippen LogP) is 5.78. The number of anilines is 1. The molecule has 1 amide bonds. The van der Waals surface area contributed by atoms with E-state index >= 15 is 0 Å². The van der Waals surface area contributed by atoms with Gasteiger partial charge >= 0.3 is 6.18 Å². The summed E-state index contributed by atoms with van der Waals surface area (Å²) in [6, 6.07) is 11.9. The lowest BCUT2D eigenvalue weighted by Crippen LogP contribution is -2.35. The van der Waals surface area contributed by atoms with Crippen molar-refractivity contribution in [3.8, 4) is 0 Å². The van der Waals surface area contributed by atoms with Crippen molar-refractivity contribution in [3.63, 3.8) is 0 Å². The Morgan fingerprint density at radius 2 is 1.84 bits per heavy atom. The first-order valence-corrected chi connectivity index (χ1v) is 11.4. The zero-order valence-electron chi connectivity index (χ0n) is 17.2. The molecular formula is C22H23ClF3N3OS. The average Bonchev–Trinajstić information content (AvgIpc) is 3.03. The van der Waals surface area contributed by atoms with Gasteiger partial charge in [-0.15, -0.1) is 0 Å². The Labute approximate surface area is 188 Å². The van der Waals surface area contributed by atoms with Gasteiger partial charge < -0.3 is 5.32 Å². The van der Waals surface area contributed by atoms with Crippen LogP contribution in [0.4, 0.5) is 18.9 Å². The number of benzene rings is 2. The Hall–Kier alpha value is -2.19. The highest BCUT2D eigenvalue weighted by atomic mass is 35.5. The number of thioether (sulfide) groups is 1. The normalized spacial score (nSPS) is 18.8. The summed E-state index contributed by atoms with van der Waals surface area (Å²) in [7, 11) is 0. The third-order valence-electron chi connectivity index (χ3n) is 5.14. The molecule has 0 fully saturated rings. The second kappa shape index (κ2) is 9.53. The van der Waals surface area contributed by atoms with Crippen LogP contribution in [-0.2, 0) is 11.0 Å². The molecule has 1 aliphatic rings. The lowest BCUT2D eigenvalue weighted by atomic mass is 9.80. The average molecular weight is 470 g/mol. The number of hydrogen-bond acceptors (Lipinski definition) is 4. The maximum Gasteiger partial charge on any atom is 0.416 e. The zero-order chi connectivity index (χ0) is 22.6. The van der Waals surface area contributed by atoms with E-state index in [9.17, 15) is 18.0 Å². The van der Waals surface area contributed by atoms with Crippen molar-refractivity contribution < 1.29 is 18.0 Å². The summed E-state index contributed by atoms with van der Waals surface area (Å²) in [5.74, 6) is 0.613. The van der Waals surface area contributed by atoms with Gasteiger partial charge in [0.25, 0.3) is 0 Å². The minimum atomic E-state index is -4.41. The van der Waals surface area contributed by atoms with Crippen LogP contribution in [0.15, 0.2) is 53.6 Å². The highest BCUT2D eigenvalue weighted by Gasteiger charge is 2.39. The number of carbonyl (C=O) groups excluding carboxylic acids is 1. The zero-order valence-corrected chi connectivity index (χ0v) is 18.7. The van der Waals surface area contributed by atoms with Crippen molar-refractivity contribution in [3.05, 3.63) is 64.7 Å². The minimum Gasteiger partial charge on any atom is -0.324 e. The van der Waals surface area contributed by atoms with Crippen molar-refractivity contribution >= 4 is 40.7 Å². The molecule has 1 heterocycles. The van der Waals surface area contributed by atoms with Gasteiger partial charge in [-0.3, -0.25) is 9.80 Å². The first-order valence-electron chi connectivity index (χ1n) is 9.67. The molecule has 1 N–H and O–H groups in total. The minimum absolute atomic E-state index is 0.00691. The Bertz CT molecular complexity index is 948. The van der Waals surface area contributed by atoms with Crippen LogP contribution < -0.4 is 5.32 Å². The molecule has 0 aromatic heterocycles. The van der Waals surface area contributed by atoms with Crippen molar-refractivity contribution in [2.24, 2.45) is 10.5 Å². The van der Waals surface area contributed by atoms with E-state index in [4.69, 9.17) is 16.7 Å². The number of alkyl halides is 3. The number of nitrogens with zero attached hydrogens (tertiary/aromatic N) is 2. The third kappa shape index (κ3) is 5.95. The van der Waals surface area contributed by atoms with Crippen LogP contribution in [0.5, 0.6) is 0 Å². The van der Waals surface area contributed by atoms with Crippen molar-refractivity contribution in [1.82, 2.24) is 5.01 Å². The molecule has 0 bridgehead atoms. The highest BCUT2D eigenvalue weighted by molar-refractivity contribution is 7.98. The maximum atomic E-state index is 12.7. The topological polar surface area (TPSA) is 44.7 Å². The smallest absolute Gasteiger partial charge is 0.324 e.